The lowest BCUT2D eigenvalue weighted by molar-refractivity contribution is -0.192. The fourth-order valence-corrected chi connectivity index (χ4v) is 3.58. The molecule has 3 rings (SSSR count). The highest BCUT2D eigenvalue weighted by Gasteiger charge is 2.80. The van der Waals surface area contributed by atoms with Crippen LogP contribution >= 0.6 is 0 Å². The number of rotatable bonds is 5. The van der Waals surface area contributed by atoms with Crippen LogP contribution in [0.15, 0.2) is 12.1 Å². The summed E-state index contributed by atoms with van der Waals surface area (Å²) in [6, 6.07) is 2.07. The quantitative estimate of drug-likeness (QED) is 0.593. The number of alkyl halides is 3. The molecule has 2 atom stereocenters. The number of nitrogens with zero attached hydrogens (tertiary/aromatic N) is 1. The van der Waals surface area contributed by atoms with Gasteiger partial charge in [0.2, 0.25) is 0 Å². The highest BCUT2D eigenvalue weighted by molar-refractivity contribution is 5.94. The zero-order valence-electron chi connectivity index (χ0n) is 15.3. The maximum atomic E-state index is 14.0. The summed E-state index contributed by atoms with van der Waals surface area (Å²) in [7, 11) is 1.29. The van der Waals surface area contributed by atoms with E-state index < -0.39 is 46.5 Å². The molecular formula is C17H16F5NO7. The summed E-state index contributed by atoms with van der Waals surface area (Å²) in [6.07, 6.45) is -5.03. The molecule has 1 saturated heterocycles. The number of aliphatic carboxylic acids is 3. The average molecular weight is 441 g/mol. The van der Waals surface area contributed by atoms with Gasteiger partial charge in [0.15, 0.2) is 0 Å². The highest BCUT2D eigenvalue weighted by atomic mass is 19.4. The van der Waals surface area contributed by atoms with Crippen molar-refractivity contribution >= 4 is 17.9 Å². The predicted molar refractivity (Wildman–Crippen MR) is 86.6 cm³/mol. The molecular weight excluding hydrogens is 425 g/mol. The third kappa shape index (κ3) is 4.01. The Morgan fingerprint density at radius 2 is 1.43 bits per heavy atom. The molecule has 1 heterocycles. The molecule has 13 heteroatoms. The molecule has 2 fully saturated rings. The molecule has 2 aliphatic rings. The number of benzene rings is 1. The normalized spacial score (nSPS) is 25.0. The molecule has 0 spiro atoms. The van der Waals surface area contributed by atoms with Crippen molar-refractivity contribution in [1.82, 2.24) is 4.90 Å². The number of hydrogen-bond donors (Lipinski definition) is 3. The summed E-state index contributed by atoms with van der Waals surface area (Å²) in [5.74, 6) is -6.70. The van der Waals surface area contributed by atoms with Gasteiger partial charge in [-0.05, 0) is 6.42 Å². The number of fused-ring (bicyclic) bond motifs is 1. The van der Waals surface area contributed by atoms with Crippen LogP contribution in [0.1, 0.15) is 12.0 Å². The van der Waals surface area contributed by atoms with E-state index in [-0.39, 0.29) is 37.4 Å². The van der Waals surface area contributed by atoms with Gasteiger partial charge in [-0.2, -0.15) is 13.2 Å². The molecule has 1 aromatic carbocycles. The predicted octanol–water partition coefficient (Wildman–Crippen LogP) is 1.97. The minimum Gasteiger partial charge on any atom is -0.497 e. The van der Waals surface area contributed by atoms with Crippen LogP contribution in [-0.2, 0) is 20.9 Å². The average Bonchev–Trinajstić information content (AvgIpc) is 3.16. The van der Waals surface area contributed by atoms with Gasteiger partial charge in [-0.1, -0.05) is 0 Å². The topological polar surface area (TPSA) is 124 Å². The van der Waals surface area contributed by atoms with Gasteiger partial charge in [0.1, 0.15) is 17.4 Å². The van der Waals surface area contributed by atoms with Gasteiger partial charge in [-0.3, -0.25) is 14.5 Å². The minimum atomic E-state index is -5.08. The maximum absolute atomic E-state index is 14.0. The smallest absolute Gasteiger partial charge is 0.490 e. The Morgan fingerprint density at radius 3 is 1.73 bits per heavy atom. The van der Waals surface area contributed by atoms with E-state index in [4.69, 9.17) is 14.6 Å². The third-order valence-corrected chi connectivity index (χ3v) is 5.17. The van der Waals surface area contributed by atoms with Crippen molar-refractivity contribution in [1.29, 1.82) is 0 Å². The van der Waals surface area contributed by atoms with E-state index >= 15 is 0 Å². The maximum Gasteiger partial charge on any atom is 0.490 e. The Hall–Kier alpha value is -2.96. The summed E-state index contributed by atoms with van der Waals surface area (Å²) in [5, 5.41) is 25.8. The fraction of sp³-hybridized carbons (Fsp3) is 0.471. The summed E-state index contributed by atoms with van der Waals surface area (Å²) < 4.78 is 64.5. The third-order valence-electron chi connectivity index (χ3n) is 5.17. The highest BCUT2D eigenvalue weighted by Crippen LogP contribution is 2.68. The summed E-state index contributed by atoms with van der Waals surface area (Å²) in [6.45, 7) is -0.273. The molecule has 0 radical (unpaired) electrons. The van der Waals surface area contributed by atoms with E-state index in [2.05, 4.69) is 0 Å². The van der Waals surface area contributed by atoms with Crippen LogP contribution in [0.3, 0.4) is 0 Å². The van der Waals surface area contributed by atoms with Gasteiger partial charge < -0.3 is 20.1 Å². The minimum absolute atomic E-state index is 0.0389. The molecule has 1 aliphatic heterocycles. The molecule has 3 N–H and O–H groups in total. The van der Waals surface area contributed by atoms with Crippen molar-refractivity contribution in [3.63, 3.8) is 0 Å². The number of carboxylic acids is 3. The lowest BCUT2D eigenvalue weighted by atomic mass is 9.97. The first kappa shape index (κ1) is 23.3. The Bertz CT molecular complexity index is 839. The van der Waals surface area contributed by atoms with Crippen LogP contribution in [-0.4, -0.2) is 64.5 Å². The van der Waals surface area contributed by atoms with Crippen molar-refractivity contribution in [2.24, 2.45) is 10.8 Å². The molecule has 30 heavy (non-hydrogen) atoms. The van der Waals surface area contributed by atoms with Gasteiger partial charge in [0.25, 0.3) is 0 Å². The van der Waals surface area contributed by atoms with Gasteiger partial charge in [0.05, 0.1) is 17.9 Å². The van der Waals surface area contributed by atoms with Crippen LogP contribution in [0, 0.1) is 22.5 Å². The number of hydrogen-bond acceptors (Lipinski definition) is 5. The second-order valence-corrected chi connectivity index (χ2v) is 6.97. The lowest BCUT2D eigenvalue weighted by Crippen LogP contribution is -2.29. The van der Waals surface area contributed by atoms with Crippen molar-refractivity contribution < 1.29 is 56.4 Å². The molecule has 8 nitrogen and oxygen atoms in total. The molecule has 1 aliphatic carbocycles. The molecule has 1 aromatic rings. The lowest BCUT2D eigenvalue weighted by Gasteiger charge is -2.20. The Labute approximate surface area is 165 Å². The van der Waals surface area contributed by atoms with E-state index in [0.29, 0.717) is 0 Å². The van der Waals surface area contributed by atoms with E-state index in [0.717, 1.165) is 12.1 Å². The van der Waals surface area contributed by atoms with Crippen LogP contribution in [0.25, 0.3) is 0 Å². The Balaban J connectivity index is 0.000000396. The van der Waals surface area contributed by atoms with Crippen molar-refractivity contribution in [3.05, 3.63) is 29.3 Å². The van der Waals surface area contributed by atoms with E-state index in [9.17, 15) is 41.8 Å². The zero-order valence-corrected chi connectivity index (χ0v) is 15.3. The Morgan fingerprint density at radius 1 is 1.03 bits per heavy atom. The van der Waals surface area contributed by atoms with Gasteiger partial charge in [0, 0.05) is 37.3 Å². The number of piperidine rings is 1. The first-order chi connectivity index (χ1) is 13.7. The number of ether oxygens (including phenoxy) is 1. The summed E-state index contributed by atoms with van der Waals surface area (Å²) >= 11 is 0. The number of likely N-dealkylation sites (tertiary alicyclic amines) is 1. The second-order valence-electron chi connectivity index (χ2n) is 6.97. The van der Waals surface area contributed by atoms with Gasteiger partial charge >= 0.3 is 24.1 Å². The largest absolute Gasteiger partial charge is 0.497 e. The van der Waals surface area contributed by atoms with E-state index in [1.165, 1.54) is 12.0 Å². The van der Waals surface area contributed by atoms with Crippen molar-refractivity contribution in [2.45, 2.75) is 19.1 Å². The SMILES string of the molecule is COc1cc(F)c(CN2C[C@@]3(C(=O)O)C[C@@]3(C(=O)O)C2)c(F)c1.O=C(O)C(F)(F)F. The molecule has 0 amide bonds. The van der Waals surface area contributed by atoms with Crippen LogP contribution in [0.2, 0.25) is 0 Å². The fourth-order valence-electron chi connectivity index (χ4n) is 3.58. The number of carbonyl (C=O) groups is 3. The van der Waals surface area contributed by atoms with Gasteiger partial charge in [-0.15, -0.1) is 0 Å². The first-order valence-electron chi connectivity index (χ1n) is 8.21. The summed E-state index contributed by atoms with van der Waals surface area (Å²) in [5.41, 5.74) is -2.95. The number of carboxylic acid groups (broad SMARTS) is 3. The van der Waals surface area contributed by atoms with Crippen LogP contribution in [0.4, 0.5) is 22.0 Å². The monoisotopic (exact) mass is 441 g/mol. The zero-order chi connectivity index (χ0) is 23.1. The van der Waals surface area contributed by atoms with Crippen LogP contribution < -0.4 is 4.74 Å². The molecule has 1 saturated carbocycles. The van der Waals surface area contributed by atoms with Gasteiger partial charge in [-0.25, -0.2) is 13.6 Å². The molecule has 166 valence electrons. The number of halogens is 5. The van der Waals surface area contributed by atoms with Crippen LogP contribution in [0.5, 0.6) is 5.75 Å². The number of methoxy groups -OCH3 is 1. The standard InChI is InChI=1S/C15H15F2NO5.C2HF3O2/c1-23-8-2-10(16)9(11(17)3-8)4-18-6-14(12(19)20)5-15(14,7-18)13(21)22;3-2(4,5)1(6)7/h2-3H,4-7H2,1H3,(H,19,20)(H,21,22);(H,6,7)/t14-,15+;. The van der Waals surface area contributed by atoms with Crippen molar-refractivity contribution in [2.75, 3.05) is 20.2 Å². The van der Waals surface area contributed by atoms with E-state index in [1.54, 1.807) is 0 Å². The molecule has 0 unspecified atom stereocenters. The molecule has 0 bridgehead atoms. The Kier molecular flexibility index (Phi) is 5.99. The first-order valence-corrected chi connectivity index (χ1v) is 8.21. The summed E-state index contributed by atoms with van der Waals surface area (Å²) in [4.78, 5) is 33.2. The second kappa shape index (κ2) is 7.70. The van der Waals surface area contributed by atoms with Crippen molar-refractivity contribution in [3.8, 4) is 5.75 Å². The molecule has 0 aromatic heterocycles. The van der Waals surface area contributed by atoms with E-state index in [1.807, 2.05) is 0 Å².